The van der Waals surface area contributed by atoms with Crippen molar-refractivity contribution in [3.05, 3.63) is 107 Å². The lowest BCUT2D eigenvalue weighted by atomic mass is 9.82. The summed E-state index contributed by atoms with van der Waals surface area (Å²) in [4.78, 5) is 12.9. The normalized spacial score (nSPS) is 15.5. The highest BCUT2D eigenvalue weighted by atomic mass is 16.5. The molecule has 2 aliphatic rings. The topological polar surface area (TPSA) is 44.8 Å². The molecule has 0 saturated heterocycles. The lowest BCUT2D eigenvalue weighted by Gasteiger charge is -2.37. The van der Waals surface area contributed by atoms with Crippen LogP contribution in [-0.4, -0.2) is 20.0 Å². The predicted molar refractivity (Wildman–Crippen MR) is 133 cm³/mol. The van der Waals surface area contributed by atoms with Crippen molar-refractivity contribution in [3.63, 3.8) is 0 Å². The summed E-state index contributed by atoms with van der Waals surface area (Å²) in [5.41, 5.74) is 3.89. The minimum absolute atomic E-state index is 0.187. The number of Topliss-reactive ketones (excluding diaryl/α,β-unsaturated/α-hetero) is 1. The number of methoxy groups -OCH3 is 2. The van der Waals surface area contributed by atoms with Crippen molar-refractivity contribution < 1.29 is 19.0 Å². The summed E-state index contributed by atoms with van der Waals surface area (Å²) in [6.07, 6.45) is 5.46. The van der Waals surface area contributed by atoms with E-state index in [1.54, 1.807) is 14.2 Å². The third-order valence-electron chi connectivity index (χ3n) is 6.98. The van der Waals surface area contributed by atoms with Gasteiger partial charge in [-0.1, -0.05) is 48.5 Å². The van der Waals surface area contributed by atoms with Crippen molar-refractivity contribution >= 4 is 22.6 Å². The molecule has 0 fully saturated rings. The van der Waals surface area contributed by atoms with Gasteiger partial charge < -0.3 is 14.2 Å². The largest absolute Gasteiger partial charge is 0.497 e. The minimum Gasteiger partial charge on any atom is -0.497 e. The highest BCUT2D eigenvalue weighted by Crippen LogP contribution is 2.49. The third-order valence-corrected chi connectivity index (χ3v) is 6.98. The summed E-state index contributed by atoms with van der Waals surface area (Å²) >= 11 is 0. The van der Waals surface area contributed by atoms with E-state index in [2.05, 4.69) is 24.3 Å². The van der Waals surface area contributed by atoms with Gasteiger partial charge in [-0.05, 0) is 53.8 Å². The maximum Gasteiger partial charge on any atom is 0.178 e. The Hall–Kier alpha value is -4.05. The molecule has 1 heterocycles. The van der Waals surface area contributed by atoms with E-state index in [0.29, 0.717) is 6.42 Å². The number of benzene rings is 4. The van der Waals surface area contributed by atoms with E-state index in [-0.39, 0.29) is 5.78 Å². The Morgan fingerprint density at radius 2 is 1.35 bits per heavy atom. The fourth-order valence-corrected chi connectivity index (χ4v) is 5.26. The van der Waals surface area contributed by atoms with Crippen LogP contribution < -0.4 is 14.2 Å². The van der Waals surface area contributed by atoms with E-state index in [0.717, 1.165) is 62.3 Å². The Labute approximate surface area is 198 Å². The van der Waals surface area contributed by atoms with Crippen LogP contribution >= 0.6 is 0 Å². The zero-order chi connectivity index (χ0) is 23.3. The molecule has 168 valence electrons. The summed E-state index contributed by atoms with van der Waals surface area (Å²) in [7, 11) is 3.32. The van der Waals surface area contributed by atoms with Gasteiger partial charge in [0.2, 0.25) is 0 Å². The van der Waals surface area contributed by atoms with Crippen LogP contribution in [0, 0.1) is 0 Å². The molecule has 0 unspecified atom stereocenters. The van der Waals surface area contributed by atoms with Crippen molar-refractivity contribution in [2.24, 2.45) is 0 Å². The number of rotatable bonds is 4. The fraction of sp³-hybridized carbons (Fsp3) is 0.167. The standard InChI is InChI=1S/C30H24O4/c1-32-21-11-7-19(8-12-21)30(20-9-13-22(33-2)14-10-20)18-17-26-28-24(15-16-27(28)31)23-5-3-4-6-25(23)29(26)34-30/h3-14,17-18H,15-16H2,1-2H3. The molecular weight excluding hydrogens is 424 g/mol. The molecule has 4 aromatic carbocycles. The number of hydrogen-bond donors (Lipinski definition) is 0. The van der Waals surface area contributed by atoms with Gasteiger partial charge in [-0.15, -0.1) is 0 Å². The molecule has 0 saturated carbocycles. The zero-order valence-corrected chi connectivity index (χ0v) is 19.1. The van der Waals surface area contributed by atoms with Crippen LogP contribution in [0.25, 0.3) is 16.8 Å². The van der Waals surface area contributed by atoms with Gasteiger partial charge in [-0.3, -0.25) is 4.79 Å². The Kier molecular flexibility index (Phi) is 4.70. The van der Waals surface area contributed by atoms with Gasteiger partial charge in [0.05, 0.1) is 14.2 Å². The molecule has 0 radical (unpaired) electrons. The maximum absolute atomic E-state index is 12.9. The van der Waals surface area contributed by atoms with Crippen molar-refractivity contribution in [2.45, 2.75) is 18.4 Å². The quantitative estimate of drug-likeness (QED) is 0.366. The number of fused-ring (bicyclic) bond motifs is 6. The summed E-state index contributed by atoms with van der Waals surface area (Å²) in [5.74, 6) is 2.50. The van der Waals surface area contributed by atoms with Crippen LogP contribution in [0.3, 0.4) is 0 Å². The van der Waals surface area contributed by atoms with Gasteiger partial charge in [0, 0.05) is 34.1 Å². The molecule has 1 aliphatic carbocycles. The number of carbonyl (C=O) groups excluding carboxylic acids is 1. The number of hydrogen-bond acceptors (Lipinski definition) is 4. The van der Waals surface area contributed by atoms with Crippen molar-refractivity contribution in [1.82, 2.24) is 0 Å². The van der Waals surface area contributed by atoms with Gasteiger partial charge in [-0.25, -0.2) is 0 Å². The van der Waals surface area contributed by atoms with E-state index in [1.807, 2.05) is 60.7 Å². The van der Waals surface area contributed by atoms with E-state index in [4.69, 9.17) is 14.2 Å². The second-order valence-electron chi connectivity index (χ2n) is 8.69. The zero-order valence-electron chi connectivity index (χ0n) is 19.1. The summed E-state index contributed by atoms with van der Waals surface area (Å²) < 4.78 is 17.8. The summed E-state index contributed by atoms with van der Waals surface area (Å²) in [5, 5.41) is 2.12. The van der Waals surface area contributed by atoms with Crippen LogP contribution in [0.4, 0.5) is 0 Å². The van der Waals surface area contributed by atoms with Crippen molar-refractivity contribution in [1.29, 1.82) is 0 Å². The molecule has 0 atom stereocenters. The Bertz CT molecular complexity index is 1400. The monoisotopic (exact) mass is 448 g/mol. The van der Waals surface area contributed by atoms with Crippen LogP contribution in [0.5, 0.6) is 17.2 Å². The molecule has 34 heavy (non-hydrogen) atoms. The van der Waals surface area contributed by atoms with E-state index < -0.39 is 5.60 Å². The third kappa shape index (κ3) is 2.95. The second-order valence-corrected chi connectivity index (χ2v) is 8.69. The first-order valence-electron chi connectivity index (χ1n) is 11.4. The lowest BCUT2D eigenvalue weighted by Crippen LogP contribution is -2.34. The molecule has 1 aliphatic heterocycles. The Morgan fingerprint density at radius 3 is 1.94 bits per heavy atom. The fourth-order valence-electron chi connectivity index (χ4n) is 5.26. The highest BCUT2D eigenvalue weighted by Gasteiger charge is 2.40. The second kappa shape index (κ2) is 7.77. The van der Waals surface area contributed by atoms with Gasteiger partial charge in [-0.2, -0.15) is 0 Å². The molecule has 0 N–H and O–H groups in total. The number of carbonyl (C=O) groups is 1. The summed E-state index contributed by atoms with van der Waals surface area (Å²) in [6.45, 7) is 0. The SMILES string of the molecule is COc1ccc(C2(c3ccc(OC)cc3)C=Cc3c4c(c5ccccc5c3O2)CCC4=O)cc1. The van der Waals surface area contributed by atoms with Crippen LogP contribution in [0.15, 0.2) is 78.9 Å². The van der Waals surface area contributed by atoms with Gasteiger partial charge in [0.25, 0.3) is 0 Å². The number of ketones is 1. The molecule has 0 amide bonds. The smallest absolute Gasteiger partial charge is 0.178 e. The molecule has 0 aromatic heterocycles. The molecule has 0 bridgehead atoms. The first-order valence-corrected chi connectivity index (χ1v) is 11.4. The van der Waals surface area contributed by atoms with E-state index in [1.165, 1.54) is 0 Å². The molecule has 4 aromatic rings. The van der Waals surface area contributed by atoms with Crippen LogP contribution in [0.1, 0.15) is 39.0 Å². The maximum atomic E-state index is 12.9. The average Bonchev–Trinajstić information content (AvgIpc) is 3.30. The number of aryl methyl sites for hydroxylation is 1. The molecule has 0 spiro atoms. The molecule has 6 rings (SSSR count). The molecular formula is C30H24O4. The van der Waals surface area contributed by atoms with E-state index >= 15 is 0 Å². The molecule has 4 heteroatoms. The average molecular weight is 449 g/mol. The Morgan fingerprint density at radius 1 is 0.765 bits per heavy atom. The summed E-state index contributed by atoms with van der Waals surface area (Å²) in [6, 6.07) is 24.1. The van der Waals surface area contributed by atoms with Crippen molar-refractivity contribution in [2.75, 3.05) is 14.2 Å². The van der Waals surface area contributed by atoms with E-state index in [9.17, 15) is 4.79 Å². The predicted octanol–water partition coefficient (Wildman–Crippen LogP) is 6.34. The first-order chi connectivity index (χ1) is 16.6. The first kappa shape index (κ1) is 20.5. The van der Waals surface area contributed by atoms with Gasteiger partial charge in [0.15, 0.2) is 11.4 Å². The highest BCUT2D eigenvalue weighted by molar-refractivity contribution is 6.11. The molecule has 4 nitrogen and oxygen atoms in total. The van der Waals surface area contributed by atoms with Gasteiger partial charge >= 0.3 is 0 Å². The number of ether oxygens (including phenoxy) is 3. The minimum atomic E-state index is -0.871. The van der Waals surface area contributed by atoms with Gasteiger partial charge in [0.1, 0.15) is 17.2 Å². The lowest BCUT2D eigenvalue weighted by molar-refractivity contribution is 0.0993. The van der Waals surface area contributed by atoms with Crippen molar-refractivity contribution in [3.8, 4) is 17.2 Å². The van der Waals surface area contributed by atoms with Crippen LogP contribution in [-0.2, 0) is 12.0 Å². The Balaban J connectivity index is 1.62. The van der Waals surface area contributed by atoms with Crippen LogP contribution in [0.2, 0.25) is 0 Å².